The summed E-state index contributed by atoms with van der Waals surface area (Å²) in [5.74, 6) is 5.82. The van der Waals surface area contributed by atoms with E-state index in [-0.39, 0.29) is 0 Å². The van der Waals surface area contributed by atoms with E-state index in [1.807, 2.05) is 7.11 Å². The number of ether oxygens (including phenoxy) is 1. The monoisotopic (exact) mass is 194 g/mol. The van der Waals surface area contributed by atoms with Gasteiger partial charge in [0.2, 0.25) is 0 Å². The maximum Gasteiger partial charge on any atom is 0.0630 e. The standard InChI is InChI=1S/C13H22O/c1-7-4-10-9-6-12(11(10)5-7)13(14-3)8(9)2/h7-13H,4-6H2,1-3H3. The van der Waals surface area contributed by atoms with Crippen molar-refractivity contribution in [3.8, 4) is 0 Å². The summed E-state index contributed by atoms with van der Waals surface area (Å²) < 4.78 is 5.70. The van der Waals surface area contributed by atoms with Crippen LogP contribution in [0.15, 0.2) is 0 Å². The molecule has 0 aromatic rings. The molecule has 3 saturated carbocycles. The van der Waals surface area contributed by atoms with Gasteiger partial charge in [0.1, 0.15) is 0 Å². The molecule has 14 heavy (non-hydrogen) atoms. The van der Waals surface area contributed by atoms with E-state index >= 15 is 0 Å². The first-order chi connectivity index (χ1) is 6.72. The molecule has 3 aliphatic rings. The lowest BCUT2D eigenvalue weighted by Crippen LogP contribution is -2.35. The molecule has 0 heterocycles. The lowest BCUT2D eigenvalue weighted by molar-refractivity contribution is -0.0146. The van der Waals surface area contributed by atoms with E-state index in [2.05, 4.69) is 13.8 Å². The Labute approximate surface area is 87.2 Å². The van der Waals surface area contributed by atoms with Crippen molar-refractivity contribution < 1.29 is 4.74 Å². The predicted molar refractivity (Wildman–Crippen MR) is 56.9 cm³/mol. The Morgan fingerprint density at radius 2 is 1.50 bits per heavy atom. The van der Waals surface area contributed by atoms with E-state index in [1.165, 1.54) is 19.3 Å². The van der Waals surface area contributed by atoms with E-state index in [4.69, 9.17) is 4.74 Å². The van der Waals surface area contributed by atoms with Crippen LogP contribution in [-0.4, -0.2) is 13.2 Å². The third kappa shape index (κ3) is 0.997. The van der Waals surface area contributed by atoms with Crippen LogP contribution in [0.25, 0.3) is 0 Å². The lowest BCUT2D eigenvalue weighted by Gasteiger charge is -2.35. The van der Waals surface area contributed by atoms with Crippen LogP contribution in [0.1, 0.15) is 33.1 Å². The van der Waals surface area contributed by atoms with Crippen molar-refractivity contribution in [1.29, 1.82) is 0 Å². The molecule has 0 aliphatic heterocycles. The highest BCUT2D eigenvalue weighted by atomic mass is 16.5. The number of rotatable bonds is 1. The summed E-state index contributed by atoms with van der Waals surface area (Å²) in [6, 6.07) is 0. The first-order valence-electron chi connectivity index (χ1n) is 6.25. The fourth-order valence-corrected chi connectivity index (χ4v) is 5.03. The average molecular weight is 194 g/mol. The average Bonchev–Trinajstić information content (AvgIpc) is 2.73. The maximum absolute atomic E-state index is 5.70. The van der Waals surface area contributed by atoms with Gasteiger partial charge in [-0.25, -0.2) is 0 Å². The van der Waals surface area contributed by atoms with Crippen molar-refractivity contribution in [3.05, 3.63) is 0 Å². The van der Waals surface area contributed by atoms with Crippen LogP contribution in [0.2, 0.25) is 0 Å². The molecule has 0 radical (unpaired) electrons. The minimum absolute atomic E-state index is 0.589. The summed E-state index contributed by atoms with van der Waals surface area (Å²) in [4.78, 5) is 0. The SMILES string of the molecule is COC1C(C)C2CC1C1CC(C)CC21. The highest BCUT2D eigenvalue weighted by molar-refractivity contribution is 5.07. The lowest BCUT2D eigenvalue weighted by atomic mass is 9.75. The highest BCUT2D eigenvalue weighted by Crippen LogP contribution is 2.62. The molecule has 0 aromatic heterocycles. The van der Waals surface area contributed by atoms with E-state index in [9.17, 15) is 0 Å². The van der Waals surface area contributed by atoms with Crippen LogP contribution in [0.3, 0.4) is 0 Å². The third-order valence-corrected chi connectivity index (χ3v) is 5.43. The van der Waals surface area contributed by atoms with Crippen molar-refractivity contribution in [1.82, 2.24) is 0 Å². The van der Waals surface area contributed by atoms with Crippen LogP contribution in [0, 0.1) is 35.5 Å². The smallest absolute Gasteiger partial charge is 0.0630 e. The van der Waals surface area contributed by atoms with Gasteiger partial charge in [0, 0.05) is 7.11 Å². The molecule has 0 aromatic carbocycles. The summed E-state index contributed by atoms with van der Waals surface area (Å²) in [6.07, 6.45) is 5.05. The van der Waals surface area contributed by atoms with E-state index in [1.54, 1.807) is 0 Å². The summed E-state index contributed by atoms with van der Waals surface area (Å²) in [5.41, 5.74) is 0. The molecule has 1 heteroatoms. The zero-order chi connectivity index (χ0) is 9.87. The van der Waals surface area contributed by atoms with Crippen molar-refractivity contribution in [2.24, 2.45) is 35.5 Å². The number of hydrogen-bond acceptors (Lipinski definition) is 1. The van der Waals surface area contributed by atoms with Crippen molar-refractivity contribution in [2.45, 2.75) is 39.2 Å². The van der Waals surface area contributed by atoms with Gasteiger partial charge in [-0.05, 0) is 54.8 Å². The van der Waals surface area contributed by atoms with E-state index in [0.29, 0.717) is 6.10 Å². The van der Waals surface area contributed by atoms with E-state index in [0.717, 1.165) is 35.5 Å². The molecule has 0 spiro atoms. The first-order valence-corrected chi connectivity index (χ1v) is 6.25. The van der Waals surface area contributed by atoms with Gasteiger partial charge < -0.3 is 4.74 Å². The van der Waals surface area contributed by atoms with Crippen LogP contribution in [0.5, 0.6) is 0 Å². The second kappa shape index (κ2) is 2.98. The molecule has 3 aliphatic carbocycles. The molecular formula is C13H22O. The molecule has 0 saturated heterocycles. The molecule has 3 rings (SSSR count). The number of fused-ring (bicyclic) bond motifs is 5. The second-order valence-electron chi connectivity index (χ2n) is 6.03. The molecule has 7 unspecified atom stereocenters. The van der Waals surface area contributed by atoms with Crippen molar-refractivity contribution in [2.75, 3.05) is 7.11 Å². The van der Waals surface area contributed by atoms with Crippen LogP contribution in [-0.2, 0) is 4.74 Å². The molecule has 1 nitrogen and oxygen atoms in total. The van der Waals surface area contributed by atoms with Gasteiger partial charge in [0.15, 0.2) is 0 Å². The summed E-state index contributed by atoms with van der Waals surface area (Å²) >= 11 is 0. The minimum Gasteiger partial charge on any atom is -0.381 e. The molecule has 2 bridgehead atoms. The Morgan fingerprint density at radius 3 is 2.14 bits per heavy atom. The Bertz CT molecular complexity index is 235. The fraction of sp³-hybridized carbons (Fsp3) is 1.00. The van der Waals surface area contributed by atoms with Gasteiger partial charge in [0.25, 0.3) is 0 Å². The first kappa shape index (κ1) is 9.21. The van der Waals surface area contributed by atoms with Crippen molar-refractivity contribution in [3.63, 3.8) is 0 Å². The Morgan fingerprint density at radius 1 is 0.857 bits per heavy atom. The van der Waals surface area contributed by atoms with Crippen LogP contribution in [0.4, 0.5) is 0 Å². The minimum atomic E-state index is 0.589. The van der Waals surface area contributed by atoms with Gasteiger partial charge >= 0.3 is 0 Å². The van der Waals surface area contributed by atoms with Gasteiger partial charge in [-0.1, -0.05) is 13.8 Å². The Hall–Kier alpha value is -0.0400. The molecule has 0 N–H and O–H groups in total. The number of hydrogen-bond donors (Lipinski definition) is 0. The Kier molecular flexibility index (Phi) is 1.96. The van der Waals surface area contributed by atoms with Crippen molar-refractivity contribution >= 4 is 0 Å². The predicted octanol–water partition coefficient (Wildman–Crippen LogP) is 2.95. The molecule has 0 amide bonds. The quantitative estimate of drug-likeness (QED) is 0.623. The summed E-state index contributed by atoms with van der Waals surface area (Å²) in [7, 11) is 1.91. The largest absolute Gasteiger partial charge is 0.381 e. The second-order valence-corrected chi connectivity index (χ2v) is 6.03. The third-order valence-electron chi connectivity index (χ3n) is 5.43. The fourth-order valence-electron chi connectivity index (χ4n) is 5.03. The Balaban J connectivity index is 1.85. The normalized spacial score (nSPS) is 60.6. The van der Waals surface area contributed by atoms with Gasteiger partial charge in [-0.15, -0.1) is 0 Å². The van der Waals surface area contributed by atoms with Crippen LogP contribution < -0.4 is 0 Å². The highest BCUT2D eigenvalue weighted by Gasteiger charge is 2.58. The molecule has 80 valence electrons. The molecule has 3 fully saturated rings. The van der Waals surface area contributed by atoms with Gasteiger partial charge in [0.05, 0.1) is 6.10 Å². The topological polar surface area (TPSA) is 9.23 Å². The van der Waals surface area contributed by atoms with Crippen LogP contribution >= 0.6 is 0 Å². The van der Waals surface area contributed by atoms with Gasteiger partial charge in [-0.3, -0.25) is 0 Å². The maximum atomic E-state index is 5.70. The molecular weight excluding hydrogens is 172 g/mol. The molecule has 7 atom stereocenters. The number of methoxy groups -OCH3 is 1. The van der Waals surface area contributed by atoms with E-state index < -0.39 is 0 Å². The summed E-state index contributed by atoms with van der Waals surface area (Å²) in [5, 5.41) is 0. The zero-order valence-corrected chi connectivity index (χ0v) is 9.57. The van der Waals surface area contributed by atoms with Gasteiger partial charge in [-0.2, -0.15) is 0 Å². The summed E-state index contributed by atoms with van der Waals surface area (Å²) in [6.45, 7) is 4.85. The zero-order valence-electron chi connectivity index (χ0n) is 9.57.